The standard InChI is InChI=1S/C21H30BrN3OS/c1-15-13-27-19(23-15)25-4-2-3-24(5-6-25)18(26)12-20-8-16-7-17(9-20)11-21(22,10-16)14-20/h13,16-17H,2-12,14H2,1H3. The molecule has 1 aliphatic heterocycles. The van der Waals surface area contributed by atoms with Gasteiger partial charge in [0.05, 0.1) is 5.69 Å². The highest BCUT2D eigenvalue weighted by atomic mass is 79.9. The topological polar surface area (TPSA) is 36.4 Å². The van der Waals surface area contributed by atoms with Crippen LogP contribution >= 0.6 is 27.3 Å². The minimum Gasteiger partial charge on any atom is -0.346 e. The monoisotopic (exact) mass is 451 g/mol. The molecular formula is C21H30BrN3OS. The van der Waals surface area contributed by atoms with Crippen LogP contribution in [0, 0.1) is 24.2 Å². The van der Waals surface area contributed by atoms with Gasteiger partial charge in [-0.15, -0.1) is 11.3 Å². The number of amides is 1. The van der Waals surface area contributed by atoms with Crippen molar-refractivity contribution < 1.29 is 4.79 Å². The Bertz CT molecular complexity index is 721. The predicted molar refractivity (Wildman–Crippen MR) is 114 cm³/mol. The number of alkyl halides is 1. The molecule has 1 amide bonds. The van der Waals surface area contributed by atoms with Gasteiger partial charge in [0.1, 0.15) is 0 Å². The summed E-state index contributed by atoms with van der Waals surface area (Å²) < 4.78 is 0.343. The summed E-state index contributed by atoms with van der Waals surface area (Å²) in [5, 5.41) is 3.23. The van der Waals surface area contributed by atoms with Crippen LogP contribution in [0.5, 0.6) is 0 Å². The molecule has 5 aliphatic rings. The Hall–Kier alpha value is -0.620. The lowest BCUT2D eigenvalue weighted by Crippen LogP contribution is -2.54. The molecule has 1 aromatic heterocycles. The molecule has 0 spiro atoms. The Morgan fingerprint density at radius 2 is 2.00 bits per heavy atom. The minimum absolute atomic E-state index is 0.281. The van der Waals surface area contributed by atoms with Gasteiger partial charge >= 0.3 is 0 Å². The van der Waals surface area contributed by atoms with E-state index in [-0.39, 0.29) is 5.41 Å². The van der Waals surface area contributed by atoms with Gasteiger partial charge in [0.15, 0.2) is 5.13 Å². The molecule has 4 saturated carbocycles. The Balaban J connectivity index is 1.24. The predicted octanol–water partition coefficient (Wildman–Crippen LogP) is 4.61. The maximum Gasteiger partial charge on any atom is 0.223 e. The fourth-order valence-corrected chi connectivity index (χ4v) is 9.19. The highest BCUT2D eigenvalue weighted by molar-refractivity contribution is 9.10. The second-order valence-corrected chi connectivity index (χ2v) is 12.3. The van der Waals surface area contributed by atoms with Crippen LogP contribution in [-0.2, 0) is 4.79 Å². The van der Waals surface area contributed by atoms with Crippen molar-refractivity contribution in [3.8, 4) is 0 Å². The molecule has 2 atom stereocenters. The van der Waals surface area contributed by atoms with Gasteiger partial charge in [-0.2, -0.15) is 0 Å². The average Bonchev–Trinajstić information content (AvgIpc) is 2.85. The van der Waals surface area contributed by atoms with Crippen molar-refractivity contribution in [2.45, 2.75) is 62.6 Å². The lowest BCUT2D eigenvalue weighted by molar-refractivity contribution is -0.138. The van der Waals surface area contributed by atoms with Gasteiger partial charge in [0.25, 0.3) is 0 Å². The zero-order valence-corrected chi connectivity index (χ0v) is 18.7. The van der Waals surface area contributed by atoms with Crippen molar-refractivity contribution in [3.63, 3.8) is 0 Å². The number of aromatic nitrogens is 1. The number of anilines is 1. The molecule has 1 aromatic rings. The quantitative estimate of drug-likeness (QED) is 0.629. The fraction of sp³-hybridized carbons (Fsp3) is 0.810. The number of nitrogens with zero attached hydrogens (tertiary/aromatic N) is 3. The number of carbonyl (C=O) groups excluding carboxylic acids is 1. The van der Waals surface area contributed by atoms with Crippen molar-refractivity contribution in [1.29, 1.82) is 0 Å². The number of thiazole rings is 1. The van der Waals surface area contributed by atoms with E-state index in [0.29, 0.717) is 10.2 Å². The summed E-state index contributed by atoms with van der Waals surface area (Å²) in [5.74, 6) is 2.11. The van der Waals surface area contributed by atoms with Crippen molar-refractivity contribution in [2.24, 2.45) is 17.3 Å². The summed E-state index contributed by atoms with van der Waals surface area (Å²) in [5.41, 5.74) is 1.38. The molecule has 4 nitrogen and oxygen atoms in total. The SMILES string of the molecule is Cc1csc(N2CCCN(C(=O)CC34CC5CC(CC(Br)(C5)C3)C4)CC2)n1. The largest absolute Gasteiger partial charge is 0.346 e. The molecule has 2 unspecified atom stereocenters. The van der Waals surface area contributed by atoms with Gasteiger partial charge in [-0.1, -0.05) is 15.9 Å². The van der Waals surface area contributed by atoms with E-state index in [9.17, 15) is 4.79 Å². The molecule has 27 heavy (non-hydrogen) atoms. The van der Waals surface area contributed by atoms with Crippen molar-refractivity contribution in [3.05, 3.63) is 11.1 Å². The molecule has 4 bridgehead atoms. The molecule has 0 N–H and O–H groups in total. The van der Waals surface area contributed by atoms with Crippen molar-refractivity contribution >= 4 is 38.3 Å². The average molecular weight is 452 g/mol. The van der Waals surface area contributed by atoms with E-state index in [4.69, 9.17) is 0 Å². The number of hydrogen-bond acceptors (Lipinski definition) is 4. The van der Waals surface area contributed by atoms with Crippen molar-refractivity contribution in [1.82, 2.24) is 9.88 Å². The van der Waals surface area contributed by atoms with Gasteiger partial charge < -0.3 is 9.80 Å². The minimum atomic E-state index is 0.281. The van der Waals surface area contributed by atoms with Crippen molar-refractivity contribution in [2.75, 3.05) is 31.1 Å². The maximum atomic E-state index is 13.3. The van der Waals surface area contributed by atoms with Crippen LogP contribution in [-0.4, -0.2) is 46.3 Å². The fourth-order valence-electron chi connectivity index (χ4n) is 6.82. The maximum absolute atomic E-state index is 13.3. The summed E-state index contributed by atoms with van der Waals surface area (Å²) in [6.45, 7) is 5.73. The number of halogens is 1. The molecule has 0 radical (unpaired) electrons. The van der Waals surface area contributed by atoms with Crippen LogP contribution in [0.2, 0.25) is 0 Å². The van der Waals surface area contributed by atoms with Crippen LogP contribution < -0.4 is 4.90 Å². The van der Waals surface area contributed by atoms with E-state index in [1.54, 1.807) is 11.3 Å². The zero-order valence-electron chi connectivity index (χ0n) is 16.3. The van der Waals surface area contributed by atoms with E-state index in [0.717, 1.165) is 61.7 Å². The first-order valence-electron chi connectivity index (χ1n) is 10.6. The van der Waals surface area contributed by atoms with Gasteiger partial charge in [-0.3, -0.25) is 4.79 Å². The summed E-state index contributed by atoms with van der Waals surface area (Å²) in [6, 6.07) is 0. The summed E-state index contributed by atoms with van der Waals surface area (Å²) >= 11 is 5.81. The number of carbonyl (C=O) groups is 1. The first kappa shape index (κ1) is 18.4. The van der Waals surface area contributed by atoms with E-state index in [1.165, 1.54) is 38.5 Å². The van der Waals surface area contributed by atoms with Crippen LogP contribution in [0.3, 0.4) is 0 Å². The van der Waals surface area contributed by atoms with E-state index in [2.05, 4.69) is 43.0 Å². The molecule has 0 aromatic carbocycles. The van der Waals surface area contributed by atoms with Gasteiger partial charge in [0.2, 0.25) is 5.91 Å². The number of aryl methyl sites for hydroxylation is 1. The first-order valence-corrected chi connectivity index (χ1v) is 12.2. The third-order valence-electron chi connectivity index (χ3n) is 7.36. The molecule has 5 fully saturated rings. The summed E-state index contributed by atoms with van der Waals surface area (Å²) in [4.78, 5) is 22.4. The molecule has 4 aliphatic carbocycles. The Morgan fingerprint density at radius 3 is 2.67 bits per heavy atom. The zero-order chi connectivity index (χ0) is 18.6. The highest BCUT2D eigenvalue weighted by Gasteiger charge is 2.57. The summed E-state index contributed by atoms with van der Waals surface area (Å²) in [7, 11) is 0. The molecular weight excluding hydrogens is 422 g/mol. The van der Waals surface area contributed by atoms with Crippen LogP contribution in [0.1, 0.15) is 57.1 Å². The highest BCUT2D eigenvalue weighted by Crippen LogP contribution is 2.65. The van der Waals surface area contributed by atoms with Crippen LogP contribution in [0.15, 0.2) is 5.38 Å². The molecule has 6 rings (SSSR count). The van der Waals surface area contributed by atoms with Gasteiger partial charge in [0, 0.05) is 42.3 Å². The molecule has 148 valence electrons. The Kier molecular flexibility index (Phi) is 4.58. The molecule has 1 saturated heterocycles. The second-order valence-electron chi connectivity index (χ2n) is 9.78. The lowest BCUT2D eigenvalue weighted by Gasteiger charge is -2.60. The first-order chi connectivity index (χ1) is 12.9. The second kappa shape index (κ2) is 6.72. The van der Waals surface area contributed by atoms with Gasteiger partial charge in [-0.25, -0.2) is 4.98 Å². The smallest absolute Gasteiger partial charge is 0.223 e. The van der Waals surface area contributed by atoms with Crippen LogP contribution in [0.25, 0.3) is 0 Å². The molecule has 6 heteroatoms. The van der Waals surface area contributed by atoms with E-state index < -0.39 is 0 Å². The summed E-state index contributed by atoms with van der Waals surface area (Å²) in [6.07, 6.45) is 9.72. The van der Waals surface area contributed by atoms with Gasteiger partial charge in [-0.05, 0) is 69.1 Å². The van der Waals surface area contributed by atoms with E-state index in [1.807, 2.05) is 0 Å². The number of rotatable bonds is 3. The van der Waals surface area contributed by atoms with Crippen LogP contribution in [0.4, 0.5) is 5.13 Å². The third-order valence-corrected chi connectivity index (χ3v) is 9.31. The third kappa shape index (κ3) is 3.57. The lowest BCUT2D eigenvalue weighted by atomic mass is 9.48. The number of hydrogen-bond donors (Lipinski definition) is 0. The Labute approximate surface area is 174 Å². The van der Waals surface area contributed by atoms with E-state index >= 15 is 0 Å². The Morgan fingerprint density at radius 1 is 1.22 bits per heavy atom. The normalized spacial score (nSPS) is 38.3. The molecule has 2 heterocycles.